The average molecular weight is 253 g/mol. The quantitative estimate of drug-likeness (QED) is 0.886. The topological polar surface area (TPSA) is 37.8 Å². The summed E-state index contributed by atoms with van der Waals surface area (Å²) in [6.45, 7) is 4.40. The van der Waals surface area contributed by atoms with Crippen LogP contribution in [0.15, 0.2) is 36.5 Å². The lowest BCUT2D eigenvalue weighted by molar-refractivity contribution is 0.867. The normalized spacial score (nSPS) is 14.7. The van der Waals surface area contributed by atoms with Crippen LogP contribution in [-0.2, 0) is 0 Å². The van der Waals surface area contributed by atoms with Gasteiger partial charge in [0.15, 0.2) is 0 Å². The van der Waals surface area contributed by atoms with Crippen molar-refractivity contribution < 1.29 is 0 Å². The van der Waals surface area contributed by atoms with Gasteiger partial charge in [-0.2, -0.15) is 0 Å². The Morgan fingerprint density at radius 3 is 2.47 bits per heavy atom. The number of rotatable bonds is 4. The Morgan fingerprint density at radius 1 is 1.11 bits per heavy atom. The van der Waals surface area contributed by atoms with Gasteiger partial charge in [-0.05, 0) is 42.5 Å². The summed E-state index contributed by atoms with van der Waals surface area (Å²) in [4.78, 5) is 8.85. The number of benzene rings is 1. The second-order valence-corrected chi connectivity index (χ2v) is 5.48. The number of aromatic nitrogens is 2. The van der Waals surface area contributed by atoms with Crippen LogP contribution in [0, 0.1) is 0 Å². The maximum absolute atomic E-state index is 4.57. The molecule has 1 N–H and O–H groups in total. The van der Waals surface area contributed by atoms with Crippen molar-refractivity contribution in [3.63, 3.8) is 0 Å². The summed E-state index contributed by atoms with van der Waals surface area (Å²) < 4.78 is 0. The van der Waals surface area contributed by atoms with E-state index in [9.17, 15) is 0 Å². The van der Waals surface area contributed by atoms with Crippen LogP contribution in [-0.4, -0.2) is 9.97 Å². The van der Waals surface area contributed by atoms with Crippen molar-refractivity contribution in [2.75, 3.05) is 5.32 Å². The first kappa shape index (κ1) is 12.2. The number of hydrogen-bond acceptors (Lipinski definition) is 3. The minimum absolute atomic E-state index is 0.559. The van der Waals surface area contributed by atoms with Gasteiger partial charge in [0.25, 0.3) is 0 Å². The van der Waals surface area contributed by atoms with E-state index in [1.165, 1.54) is 18.4 Å². The molecule has 98 valence electrons. The molecule has 1 heterocycles. The van der Waals surface area contributed by atoms with Crippen molar-refractivity contribution in [1.82, 2.24) is 9.97 Å². The Bertz CT molecular complexity index is 556. The number of hydrogen-bond donors (Lipinski definition) is 1. The SMILES string of the molecule is CC(C)c1ccc(Nc2nccc(C3CC3)n2)cc1. The highest BCUT2D eigenvalue weighted by Crippen LogP contribution is 2.39. The minimum Gasteiger partial charge on any atom is -0.324 e. The molecule has 0 amide bonds. The molecule has 0 saturated heterocycles. The first-order valence-electron chi connectivity index (χ1n) is 6.92. The lowest BCUT2D eigenvalue weighted by atomic mass is 10.0. The van der Waals surface area contributed by atoms with E-state index in [0.717, 1.165) is 11.4 Å². The van der Waals surface area contributed by atoms with Crippen LogP contribution in [0.1, 0.15) is 49.8 Å². The lowest BCUT2D eigenvalue weighted by Gasteiger charge is -2.08. The summed E-state index contributed by atoms with van der Waals surface area (Å²) in [7, 11) is 0. The maximum Gasteiger partial charge on any atom is 0.227 e. The fraction of sp³-hybridized carbons (Fsp3) is 0.375. The van der Waals surface area contributed by atoms with Crippen molar-refractivity contribution >= 4 is 11.6 Å². The summed E-state index contributed by atoms with van der Waals surface area (Å²) in [5.41, 5.74) is 3.55. The molecule has 3 heteroatoms. The molecule has 0 spiro atoms. The average Bonchev–Trinajstić information content (AvgIpc) is 3.24. The Morgan fingerprint density at radius 2 is 1.84 bits per heavy atom. The summed E-state index contributed by atoms with van der Waals surface area (Å²) in [5, 5.41) is 3.27. The molecule has 0 atom stereocenters. The van der Waals surface area contributed by atoms with E-state index < -0.39 is 0 Å². The number of anilines is 2. The first-order chi connectivity index (χ1) is 9.22. The highest BCUT2D eigenvalue weighted by molar-refractivity contribution is 5.53. The largest absolute Gasteiger partial charge is 0.324 e. The van der Waals surface area contributed by atoms with Crippen molar-refractivity contribution in [3.05, 3.63) is 47.8 Å². The van der Waals surface area contributed by atoms with E-state index in [1.54, 1.807) is 0 Å². The Labute approximate surface area is 114 Å². The van der Waals surface area contributed by atoms with Crippen LogP contribution in [0.5, 0.6) is 0 Å². The van der Waals surface area contributed by atoms with E-state index in [1.807, 2.05) is 12.3 Å². The van der Waals surface area contributed by atoms with Crippen molar-refractivity contribution in [2.24, 2.45) is 0 Å². The zero-order chi connectivity index (χ0) is 13.2. The van der Waals surface area contributed by atoms with Crippen LogP contribution >= 0.6 is 0 Å². The molecule has 0 unspecified atom stereocenters. The monoisotopic (exact) mass is 253 g/mol. The Kier molecular flexibility index (Phi) is 3.20. The van der Waals surface area contributed by atoms with E-state index in [0.29, 0.717) is 17.8 Å². The molecule has 3 rings (SSSR count). The predicted molar refractivity (Wildman–Crippen MR) is 77.8 cm³/mol. The van der Waals surface area contributed by atoms with Crippen LogP contribution < -0.4 is 5.32 Å². The van der Waals surface area contributed by atoms with Gasteiger partial charge in [0.1, 0.15) is 0 Å². The second kappa shape index (κ2) is 5.00. The van der Waals surface area contributed by atoms with Gasteiger partial charge in [-0.25, -0.2) is 9.97 Å². The third-order valence-corrected chi connectivity index (χ3v) is 3.51. The molecular formula is C16H19N3. The van der Waals surface area contributed by atoms with Crippen LogP contribution in [0.3, 0.4) is 0 Å². The van der Waals surface area contributed by atoms with Gasteiger partial charge in [0, 0.05) is 23.5 Å². The number of nitrogens with one attached hydrogen (secondary N) is 1. The Balaban J connectivity index is 1.75. The molecule has 3 nitrogen and oxygen atoms in total. The zero-order valence-corrected chi connectivity index (χ0v) is 11.4. The van der Waals surface area contributed by atoms with E-state index in [4.69, 9.17) is 0 Å². The third kappa shape index (κ3) is 2.92. The van der Waals surface area contributed by atoms with Gasteiger partial charge in [0.05, 0.1) is 0 Å². The predicted octanol–water partition coefficient (Wildman–Crippen LogP) is 4.22. The van der Waals surface area contributed by atoms with E-state index >= 15 is 0 Å². The summed E-state index contributed by atoms with van der Waals surface area (Å²) in [5.74, 6) is 1.91. The van der Waals surface area contributed by atoms with Gasteiger partial charge < -0.3 is 5.32 Å². The van der Waals surface area contributed by atoms with E-state index in [-0.39, 0.29) is 0 Å². The third-order valence-electron chi connectivity index (χ3n) is 3.51. The van der Waals surface area contributed by atoms with Gasteiger partial charge in [-0.15, -0.1) is 0 Å². The van der Waals surface area contributed by atoms with Gasteiger partial charge >= 0.3 is 0 Å². The molecule has 0 bridgehead atoms. The minimum atomic E-state index is 0.559. The summed E-state index contributed by atoms with van der Waals surface area (Å²) in [6, 6.07) is 10.5. The second-order valence-electron chi connectivity index (χ2n) is 5.48. The van der Waals surface area contributed by atoms with Crippen LogP contribution in [0.2, 0.25) is 0 Å². The van der Waals surface area contributed by atoms with Gasteiger partial charge in [-0.3, -0.25) is 0 Å². The molecule has 1 fully saturated rings. The van der Waals surface area contributed by atoms with Crippen LogP contribution in [0.25, 0.3) is 0 Å². The first-order valence-corrected chi connectivity index (χ1v) is 6.92. The smallest absolute Gasteiger partial charge is 0.227 e. The van der Waals surface area contributed by atoms with Crippen molar-refractivity contribution in [3.8, 4) is 0 Å². The summed E-state index contributed by atoms with van der Waals surface area (Å²) in [6.07, 6.45) is 4.37. The summed E-state index contributed by atoms with van der Waals surface area (Å²) >= 11 is 0. The van der Waals surface area contributed by atoms with E-state index in [2.05, 4.69) is 53.4 Å². The molecule has 19 heavy (non-hydrogen) atoms. The molecule has 1 aromatic heterocycles. The molecule has 1 aliphatic carbocycles. The lowest BCUT2D eigenvalue weighted by Crippen LogP contribution is -1.99. The Hall–Kier alpha value is -1.90. The fourth-order valence-corrected chi connectivity index (χ4v) is 2.12. The van der Waals surface area contributed by atoms with Crippen molar-refractivity contribution in [1.29, 1.82) is 0 Å². The molecule has 1 aliphatic rings. The zero-order valence-electron chi connectivity index (χ0n) is 11.4. The van der Waals surface area contributed by atoms with Crippen LogP contribution in [0.4, 0.5) is 11.6 Å². The fourth-order valence-electron chi connectivity index (χ4n) is 2.12. The van der Waals surface area contributed by atoms with Crippen molar-refractivity contribution in [2.45, 2.75) is 38.5 Å². The molecule has 0 radical (unpaired) electrons. The molecule has 1 saturated carbocycles. The highest BCUT2D eigenvalue weighted by Gasteiger charge is 2.25. The molecular weight excluding hydrogens is 234 g/mol. The molecule has 1 aromatic carbocycles. The highest BCUT2D eigenvalue weighted by atomic mass is 15.1. The molecule has 0 aliphatic heterocycles. The molecule has 2 aromatic rings. The standard InChI is InChI=1S/C16H19N3/c1-11(2)12-5-7-14(8-6-12)18-16-17-10-9-15(19-16)13-3-4-13/h5-11,13H,3-4H2,1-2H3,(H,17,18,19). The number of nitrogens with zero attached hydrogens (tertiary/aromatic N) is 2. The van der Waals surface area contributed by atoms with Gasteiger partial charge in [0.2, 0.25) is 5.95 Å². The maximum atomic E-state index is 4.57. The van der Waals surface area contributed by atoms with Gasteiger partial charge in [-0.1, -0.05) is 26.0 Å².